The van der Waals surface area contributed by atoms with E-state index < -0.39 is 22.9 Å². The zero-order valence-electron chi connectivity index (χ0n) is 19.5. The standard InChI is InChI=1S/C23H24FN5O6S/c1-12(30)25-8-14-9-28(23(32)35-14)13-3-4-18(17(24)7-13)27-10-15-16(11-27)21(15)26(2)22(31)19-5-6-20(36-19)29(33)34/h3-7,14-16,21H,8-11H2,1-2H3,(H,25,30). The highest BCUT2D eigenvalue weighted by molar-refractivity contribution is 7.17. The quantitative estimate of drug-likeness (QED) is 0.442. The molecule has 0 bridgehead atoms. The van der Waals surface area contributed by atoms with Gasteiger partial charge in [-0.1, -0.05) is 11.3 Å². The van der Waals surface area contributed by atoms with Crippen molar-refractivity contribution >= 4 is 45.6 Å². The summed E-state index contributed by atoms with van der Waals surface area (Å²) in [6.07, 6.45) is -1.10. The Kier molecular flexibility index (Phi) is 6.02. The first-order valence-corrected chi connectivity index (χ1v) is 12.2. The van der Waals surface area contributed by atoms with Crippen LogP contribution in [0.5, 0.6) is 0 Å². The van der Waals surface area contributed by atoms with Gasteiger partial charge < -0.3 is 19.9 Å². The lowest BCUT2D eigenvalue weighted by molar-refractivity contribution is -0.380. The molecule has 1 N–H and O–H groups in total. The minimum atomic E-state index is -0.591. The van der Waals surface area contributed by atoms with Crippen molar-refractivity contribution < 1.29 is 28.4 Å². The summed E-state index contributed by atoms with van der Waals surface area (Å²) in [7, 11) is 1.70. The molecule has 2 aliphatic heterocycles. The van der Waals surface area contributed by atoms with Gasteiger partial charge in [0.2, 0.25) is 5.91 Å². The second-order valence-corrected chi connectivity index (χ2v) is 10.3. The van der Waals surface area contributed by atoms with Gasteiger partial charge in [0.15, 0.2) is 0 Å². The Labute approximate surface area is 209 Å². The summed E-state index contributed by atoms with van der Waals surface area (Å²) < 4.78 is 20.3. The van der Waals surface area contributed by atoms with Crippen molar-refractivity contribution in [3.63, 3.8) is 0 Å². The SMILES string of the molecule is CC(=O)NCC1CN(c2ccc(N3CC4C(C3)C4N(C)C(=O)c3ccc([N+](=O)[O-])s3)c(F)c2)C(=O)O1. The summed E-state index contributed by atoms with van der Waals surface area (Å²) in [6.45, 7) is 2.94. The number of nitrogens with one attached hydrogen (secondary N) is 1. The van der Waals surface area contributed by atoms with Crippen LogP contribution in [-0.2, 0) is 9.53 Å². The summed E-state index contributed by atoms with van der Waals surface area (Å²) in [5.74, 6) is -0.549. The van der Waals surface area contributed by atoms with Gasteiger partial charge in [-0.25, -0.2) is 9.18 Å². The molecule has 1 saturated carbocycles. The van der Waals surface area contributed by atoms with Crippen molar-refractivity contribution in [2.45, 2.75) is 19.1 Å². The number of hydrogen-bond donors (Lipinski definition) is 1. The molecule has 3 unspecified atom stereocenters. The lowest BCUT2D eigenvalue weighted by Crippen LogP contribution is -2.36. The van der Waals surface area contributed by atoms with Crippen LogP contribution in [0.3, 0.4) is 0 Å². The van der Waals surface area contributed by atoms with Gasteiger partial charge in [0.05, 0.1) is 34.3 Å². The number of rotatable bonds is 7. The van der Waals surface area contributed by atoms with Crippen molar-refractivity contribution in [3.8, 4) is 0 Å². The number of nitrogens with zero attached hydrogens (tertiary/aromatic N) is 4. The topological polar surface area (TPSA) is 125 Å². The van der Waals surface area contributed by atoms with Gasteiger partial charge >= 0.3 is 11.1 Å². The number of anilines is 2. The van der Waals surface area contributed by atoms with Crippen LogP contribution in [0.1, 0.15) is 16.6 Å². The molecule has 2 aromatic rings. The summed E-state index contributed by atoms with van der Waals surface area (Å²) in [4.78, 5) is 51.7. The minimum absolute atomic E-state index is 0.0113. The molecule has 0 spiro atoms. The molecule has 1 aliphatic carbocycles. The highest BCUT2D eigenvalue weighted by Crippen LogP contribution is 2.50. The second kappa shape index (κ2) is 9.04. The van der Waals surface area contributed by atoms with Crippen molar-refractivity contribution in [2.75, 3.05) is 43.0 Å². The third-order valence-electron chi connectivity index (χ3n) is 6.94. The molecule has 11 nitrogen and oxygen atoms in total. The fourth-order valence-corrected chi connectivity index (χ4v) is 5.94. The number of fused-ring (bicyclic) bond motifs is 1. The fraction of sp³-hybridized carbons (Fsp3) is 0.435. The van der Waals surface area contributed by atoms with Crippen molar-refractivity contribution in [1.29, 1.82) is 0 Å². The molecule has 3 fully saturated rings. The van der Waals surface area contributed by atoms with Crippen molar-refractivity contribution in [2.24, 2.45) is 11.8 Å². The molecule has 3 atom stereocenters. The van der Waals surface area contributed by atoms with Gasteiger partial charge in [-0.2, -0.15) is 0 Å². The molecule has 1 aromatic heterocycles. The molecular formula is C23H24FN5O6S. The van der Waals surface area contributed by atoms with Crippen LogP contribution in [0.25, 0.3) is 0 Å². The first-order valence-electron chi connectivity index (χ1n) is 11.4. The Hall–Kier alpha value is -3.74. The Bertz CT molecular complexity index is 1240. The average Bonchev–Trinajstić information content (AvgIpc) is 3.26. The number of halogens is 1. The summed E-state index contributed by atoms with van der Waals surface area (Å²) in [5.41, 5.74) is 0.805. The molecular weight excluding hydrogens is 493 g/mol. The van der Waals surface area contributed by atoms with E-state index in [9.17, 15) is 24.5 Å². The van der Waals surface area contributed by atoms with E-state index in [-0.39, 0.29) is 47.8 Å². The number of carbonyl (C=O) groups is 3. The fourth-order valence-electron chi connectivity index (χ4n) is 5.13. The van der Waals surface area contributed by atoms with Crippen LogP contribution in [0.15, 0.2) is 30.3 Å². The van der Waals surface area contributed by atoms with Crippen LogP contribution in [0.4, 0.5) is 25.6 Å². The molecule has 1 aromatic carbocycles. The molecule has 3 heterocycles. The third-order valence-corrected chi connectivity index (χ3v) is 7.96. The highest BCUT2D eigenvalue weighted by atomic mass is 32.1. The monoisotopic (exact) mass is 517 g/mol. The lowest BCUT2D eigenvalue weighted by Gasteiger charge is -2.26. The number of hydrogen-bond acceptors (Lipinski definition) is 8. The van der Waals surface area contributed by atoms with Gasteiger partial charge in [0, 0.05) is 51.0 Å². The third kappa shape index (κ3) is 4.34. The molecule has 36 heavy (non-hydrogen) atoms. The Morgan fingerprint density at radius 1 is 1.25 bits per heavy atom. The Balaban J connectivity index is 1.19. The largest absolute Gasteiger partial charge is 0.442 e. The first-order chi connectivity index (χ1) is 17.1. The van der Waals surface area contributed by atoms with E-state index in [4.69, 9.17) is 4.74 Å². The van der Waals surface area contributed by atoms with Gasteiger partial charge in [0.1, 0.15) is 11.9 Å². The van der Waals surface area contributed by atoms with Crippen molar-refractivity contribution in [1.82, 2.24) is 10.2 Å². The van der Waals surface area contributed by atoms with Gasteiger partial charge in [-0.3, -0.25) is 24.6 Å². The Morgan fingerprint density at radius 3 is 2.58 bits per heavy atom. The van der Waals surface area contributed by atoms with Gasteiger partial charge in [0.25, 0.3) is 5.91 Å². The zero-order chi connectivity index (χ0) is 25.7. The smallest absolute Gasteiger partial charge is 0.414 e. The molecule has 5 rings (SSSR count). The normalized spacial score (nSPS) is 24.4. The van der Waals surface area contributed by atoms with E-state index in [0.29, 0.717) is 29.3 Å². The number of thiophene rings is 1. The Morgan fingerprint density at radius 2 is 1.97 bits per heavy atom. The molecule has 3 amide bonds. The first kappa shape index (κ1) is 24.0. The van der Waals surface area contributed by atoms with E-state index >= 15 is 4.39 Å². The van der Waals surface area contributed by atoms with Crippen LogP contribution < -0.4 is 15.1 Å². The van der Waals surface area contributed by atoms with Crippen LogP contribution in [0, 0.1) is 27.8 Å². The molecule has 0 radical (unpaired) electrons. The number of amides is 3. The minimum Gasteiger partial charge on any atom is -0.442 e. The maximum atomic E-state index is 15.1. The molecule has 3 aliphatic rings. The van der Waals surface area contributed by atoms with E-state index in [2.05, 4.69) is 5.32 Å². The van der Waals surface area contributed by atoms with E-state index in [1.54, 1.807) is 24.1 Å². The number of nitro groups is 1. The zero-order valence-corrected chi connectivity index (χ0v) is 20.4. The molecule has 2 saturated heterocycles. The predicted octanol–water partition coefficient (Wildman–Crippen LogP) is 2.46. The van der Waals surface area contributed by atoms with E-state index in [0.717, 1.165) is 11.3 Å². The van der Waals surface area contributed by atoms with Gasteiger partial charge in [-0.15, -0.1) is 0 Å². The second-order valence-electron chi connectivity index (χ2n) is 9.22. The number of benzene rings is 1. The number of carbonyl (C=O) groups excluding carboxylic acids is 3. The summed E-state index contributed by atoms with van der Waals surface area (Å²) in [6, 6.07) is 7.43. The van der Waals surface area contributed by atoms with Crippen LogP contribution in [-0.4, -0.2) is 73.1 Å². The number of ether oxygens (including phenoxy) is 1. The maximum absolute atomic E-state index is 15.1. The van der Waals surface area contributed by atoms with Crippen molar-refractivity contribution in [3.05, 3.63) is 51.1 Å². The maximum Gasteiger partial charge on any atom is 0.414 e. The van der Waals surface area contributed by atoms with E-state index in [1.807, 2.05) is 4.90 Å². The lowest BCUT2D eigenvalue weighted by atomic mass is 10.2. The van der Waals surface area contributed by atoms with Crippen LogP contribution >= 0.6 is 11.3 Å². The summed E-state index contributed by atoms with van der Waals surface area (Å²) in [5, 5.41) is 13.4. The van der Waals surface area contributed by atoms with Crippen LogP contribution in [0.2, 0.25) is 0 Å². The number of cyclic esters (lactones) is 1. The average molecular weight is 518 g/mol. The predicted molar refractivity (Wildman–Crippen MR) is 129 cm³/mol. The number of piperidine rings is 1. The highest BCUT2D eigenvalue weighted by Gasteiger charge is 2.59. The molecule has 13 heteroatoms. The molecule has 190 valence electrons. The van der Waals surface area contributed by atoms with Gasteiger partial charge in [-0.05, 0) is 24.3 Å². The van der Waals surface area contributed by atoms with E-state index in [1.165, 1.54) is 30.0 Å². The summed E-state index contributed by atoms with van der Waals surface area (Å²) >= 11 is 0.860.